The van der Waals surface area contributed by atoms with Gasteiger partial charge in [-0.2, -0.15) is 0 Å². The number of rotatable bonds is 6. The second-order valence-electron chi connectivity index (χ2n) is 9.08. The van der Waals surface area contributed by atoms with Gasteiger partial charge in [0, 0.05) is 42.3 Å². The maximum atomic E-state index is 12.2. The van der Waals surface area contributed by atoms with Gasteiger partial charge in [-0.15, -0.1) is 11.3 Å². The molecule has 1 aliphatic carbocycles. The van der Waals surface area contributed by atoms with Gasteiger partial charge in [0.1, 0.15) is 23.3 Å². The highest BCUT2D eigenvalue weighted by Gasteiger charge is 2.35. The third kappa shape index (κ3) is 4.66. The molecular formula is C24H30N4O3S. The number of fused-ring (bicyclic) bond motifs is 1. The van der Waals surface area contributed by atoms with E-state index in [1.165, 1.54) is 32.4 Å². The lowest BCUT2D eigenvalue weighted by Crippen LogP contribution is -2.50. The zero-order valence-electron chi connectivity index (χ0n) is 18.3. The smallest absolute Gasteiger partial charge is 0.232 e. The van der Waals surface area contributed by atoms with Crippen LogP contribution in [0.15, 0.2) is 24.3 Å². The highest BCUT2D eigenvalue weighted by molar-refractivity contribution is 7.15. The minimum Gasteiger partial charge on any atom is -0.490 e. The number of nitrogens with two attached hydrogens (primary N) is 1. The average molecular weight is 455 g/mol. The molecule has 32 heavy (non-hydrogen) atoms. The second-order valence-corrected chi connectivity index (χ2v) is 10.2. The molecule has 1 saturated carbocycles. The number of hydrogen-bond donors (Lipinski definition) is 1. The van der Waals surface area contributed by atoms with Crippen molar-refractivity contribution in [3.05, 3.63) is 34.8 Å². The van der Waals surface area contributed by atoms with Gasteiger partial charge in [0.05, 0.1) is 12.2 Å². The zero-order valence-corrected chi connectivity index (χ0v) is 19.1. The normalized spacial score (nSPS) is 23.3. The molecule has 3 aliphatic rings. The summed E-state index contributed by atoms with van der Waals surface area (Å²) in [5.74, 6) is 0.121. The molecule has 0 unspecified atom stereocenters. The standard InChI is InChI=1S/C24H30N4O3S/c25-22(29)14-23(30)28-11-8-20-21(15-28)32-24(26-20)16-4-6-18(7-5-16)31-19-12-17(13-19)27-9-2-1-3-10-27/h4-7,17,19H,1-3,8-15H2,(H2,25,29)/t17-,19-. The monoisotopic (exact) mass is 454 g/mol. The van der Waals surface area contributed by atoms with Crippen LogP contribution in [0.25, 0.3) is 10.6 Å². The van der Waals surface area contributed by atoms with Crippen molar-refractivity contribution in [3.63, 3.8) is 0 Å². The fourth-order valence-electron chi connectivity index (χ4n) is 4.88. The van der Waals surface area contributed by atoms with Gasteiger partial charge in [-0.05, 0) is 50.2 Å². The number of aromatic nitrogens is 1. The van der Waals surface area contributed by atoms with Crippen LogP contribution in [0.4, 0.5) is 0 Å². The fourth-order valence-corrected chi connectivity index (χ4v) is 6.01. The summed E-state index contributed by atoms with van der Waals surface area (Å²) in [4.78, 5) is 33.4. The molecule has 5 rings (SSSR count). The van der Waals surface area contributed by atoms with E-state index < -0.39 is 5.91 Å². The molecule has 0 radical (unpaired) electrons. The average Bonchev–Trinajstić information content (AvgIpc) is 3.20. The molecule has 2 N–H and O–H groups in total. The molecule has 1 aromatic heterocycles. The Bertz CT molecular complexity index is 978. The lowest BCUT2D eigenvalue weighted by molar-refractivity contribution is -0.135. The molecule has 2 fully saturated rings. The van der Waals surface area contributed by atoms with Crippen molar-refractivity contribution in [2.75, 3.05) is 19.6 Å². The van der Waals surface area contributed by atoms with Gasteiger partial charge in [0.15, 0.2) is 0 Å². The van der Waals surface area contributed by atoms with Gasteiger partial charge < -0.3 is 20.3 Å². The number of amides is 2. The predicted octanol–water partition coefficient (Wildman–Crippen LogP) is 2.97. The van der Waals surface area contributed by atoms with E-state index >= 15 is 0 Å². The Kier molecular flexibility index (Phi) is 6.15. The van der Waals surface area contributed by atoms with Crippen LogP contribution in [0.3, 0.4) is 0 Å². The van der Waals surface area contributed by atoms with Gasteiger partial charge in [-0.25, -0.2) is 4.98 Å². The highest BCUT2D eigenvalue weighted by atomic mass is 32.1. The van der Waals surface area contributed by atoms with Gasteiger partial charge in [0.25, 0.3) is 0 Å². The first-order chi connectivity index (χ1) is 15.5. The maximum Gasteiger partial charge on any atom is 0.232 e. The Labute approximate surface area is 192 Å². The van der Waals surface area contributed by atoms with E-state index in [4.69, 9.17) is 15.5 Å². The quantitative estimate of drug-likeness (QED) is 0.678. The number of nitrogens with zero attached hydrogens (tertiary/aromatic N) is 3. The van der Waals surface area contributed by atoms with E-state index in [9.17, 15) is 9.59 Å². The summed E-state index contributed by atoms with van der Waals surface area (Å²) in [6.07, 6.45) is 7.11. The van der Waals surface area contributed by atoms with E-state index in [0.717, 1.165) is 39.7 Å². The number of carbonyl (C=O) groups is 2. The number of ether oxygens (including phenoxy) is 1. The second kappa shape index (κ2) is 9.19. The predicted molar refractivity (Wildman–Crippen MR) is 123 cm³/mol. The molecule has 7 nitrogen and oxygen atoms in total. The number of thiazole rings is 1. The first-order valence-electron chi connectivity index (χ1n) is 11.6. The van der Waals surface area contributed by atoms with Crippen LogP contribution >= 0.6 is 11.3 Å². The highest BCUT2D eigenvalue weighted by Crippen LogP contribution is 2.34. The summed E-state index contributed by atoms with van der Waals surface area (Å²) in [6, 6.07) is 8.90. The Morgan fingerprint density at radius 3 is 2.56 bits per heavy atom. The Morgan fingerprint density at radius 1 is 1.09 bits per heavy atom. The summed E-state index contributed by atoms with van der Waals surface area (Å²) >= 11 is 1.61. The van der Waals surface area contributed by atoms with Crippen molar-refractivity contribution in [2.24, 2.45) is 5.73 Å². The fraction of sp³-hybridized carbons (Fsp3) is 0.542. The van der Waals surface area contributed by atoms with E-state index in [0.29, 0.717) is 31.7 Å². The van der Waals surface area contributed by atoms with Crippen LogP contribution < -0.4 is 10.5 Å². The van der Waals surface area contributed by atoms with Crippen LogP contribution in [0, 0.1) is 0 Å². The zero-order chi connectivity index (χ0) is 22.1. The molecule has 0 atom stereocenters. The molecule has 2 aliphatic heterocycles. The molecule has 8 heteroatoms. The van der Waals surface area contributed by atoms with Crippen molar-refractivity contribution in [3.8, 4) is 16.3 Å². The number of benzene rings is 1. The van der Waals surface area contributed by atoms with E-state index in [1.54, 1.807) is 16.2 Å². The Balaban J connectivity index is 1.16. The van der Waals surface area contributed by atoms with Crippen molar-refractivity contribution in [1.82, 2.24) is 14.8 Å². The van der Waals surface area contributed by atoms with Gasteiger partial charge in [0.2, 0.25) is 11.8 Å². The number of piperidine rings is 1. The van der Waals surface area contributed by atoms with Gasteiger partial charge in [-0.3, -0.25) is 9.59 Å². The molecule has 1 aromatic carbocycles. The Morgan fingerprint density at radius 2 is 1.84 bits per heavy atom. The first-order valence-corrected chi connectivity index (χ1v) is 12.4. The number of hydrogen-bond acceptors (Lipinski definition) is 6. The minimum absolute atomic E-state index is 0.210. The molecule has 0 spiro atoms. The minimum atomic E-state index is -0.586. The molecule has 3 heterocycles. The lowest BCUT2D eigenvalue weighted by Gasteiger charge is -2.44. The van der Waals surface area contributed by atoms with Gasteiger partial charge in [-0.1, -0.05) is 6.42 Å². The molecule has 2 aromatic rings. The van der Waals surface area contributed by atoms with Crippen LogP contribution in [0.2, 0.25) is 0 Å². The molecule has 2 amide bonds. The lowest BCUT2D eigenvalue weighted by atomic mass is 9.86. The van der Waals surface area contributed by atoms with Crippen molar-refractivity contribution < 1.29 is 14.3 Å². The van der Waals surface area contributed by atoms with Crippen LogP contribution in [0.1, 0.15) is 49.1 Å². The van der Waals surface area contributed by atoms with E-state index in [-0.39, 0.29) is 12.3 Å². The van der Waals surface area contributed by atoms with Crippen molar-refractivity contribution in [1.29, 1.82) is 0 Å². The summed E-state index contributed by atoms with van der Waals surface area (Å²) in [5.41, 5.74) is 7.27. The summed E-state index contributed by atoms with van der Waals surface area (Å²) in [5, 5.41) is 0.958. The number of primary amides is 1. The third-order valence-corrected chi connectivity index (χ3v) is 7.92. The van der Waals surface area contributed by atoms with Crippen molar-refractivity contribution >= 4 is 23.2 Å². The van der Waals surface area contributed by atoms with E-state index in [2.05, 4.69) is 17.0 Å². The summed E-state index contributed by atoms with van der Waals surface area (Å²) in [7, 11) is 0. The Hall–Kier alpha value is -2.45. The van der Waals surface area contributed by atoms with Crippen LogP contribution in [-0.2, 0) is 22.6 Å². The summed E-state index contributed by atoms with van der Waals surface area (Å²) < 4.78 is 6.19. The van der Waals surface area contributed by atoms with E-state index in [1.807, 2.05) is 12.1 Å². The van der Waals surface area contributed by atoms with Crippen molar-refractivity contribution in [2.45, 2.75) is 63.6 Å². The van der Waals surface area contributed by atoms with Gasteiger partial charge >= 0.3 is 0 Å². The first kappa shape index (κ1) is 21.4. The molecular weight excluding hydrogens is 424 g/mol. The number of carbonyl (C=O) groups excluding carboxylic acids is 2. The molecule has 0 bridgehead atoms. The SMILES string of the molecule is NC(=O)CC(=O)N1CCc2nc(-c3ccc(O[C@H]4C[C@H](N5CCCCC5)C4)cc3)sc2C1. The largest absolute Gasteiger partial charge is 0.490 e. The van der Waals surface area contributed by atoms with Crippen LogP contribution in [0.5, 0.6) is 5.75 Å². The third-order valence-electron chi connectivity index (χ3n) is 6.79. The molecule has 170 valence electrons. The summed E-state index contributed by atoms with van der Waals surface area (Å²) in [6.45, 7) is 3.58. The van der Waals surface area contributed by atoms with Crippen LogP contribution in [-0.4, -0.2) is 58.4 Å². The maximum absolute atomic E-state index is 12.2. The topological polar surface area (TPSA) is 88.8 Å². The number of likely N-dealkylation sites (tertiary alicyclic amines) is 1. The molecule has 1 saturated heterocycles.